The highest BCUT2D eigenvalue weighted by Gasteiger charge is 2.34. The molecule has 0 radical (unpaired) electrons. The van der Waals surface area contributed by atoms with Crippen LogP contribution in [0.15, 0.2) is 47.9 Å². The van der Waals surface area contributed by atoms with E-state index in [0.29, 0.717) is 25.9 Å². The molecule has 8 heteroatoms. The molecule has 7 nitrogen and oxygen atoms in total. The summed E-state index contributed by atoms with van der Waals surface area (Å²) < 4.78 is 29.0. The monoisotopic (exact) mass is 418 g/mol. The molecule has 1 atom stereocenters. The van der Waals surface area contributed by atoms with Gasteiger partial charge in [0, 0.05) is 31.9 Å². The van der Waals surface area contributed by atoms with E-state index in [1.807, 2.05) is 32.0 Å². The van der Waals surface area contributed by atoms with Gasteiger partial charge >= 0.3 is 0 Å². The molecule has 0 spiro atoms. The minimum absolute atomic E-state index is 0.0510. The van der Waals surface area contributed by atoms with E-state index in [-0.39, 0.29) is 29.4 Å². The average molecular weight is 419 g/mol. The number of piperidine rings is 1. The molecule has 2 aromatic rings. The van der Waals surface area contributed by atoms with Crippen molar-refractivity contribution >= 4 is 15.9 Å². The van der Waals surface area contributed by atoms with Crippen LogP contribution in [0.25, 0.3) is 0 Å². The average Bonchev–Trinajstić information content (AvgIpc) is 3.23. The first-order valence-electron chi connectivity index (χ1n) is 10.2. The molecule has 1 aromatic carbocycles. The molecule has 1 fully saturated rings. The molecule has 158 valence electrons. The molecule has 1 N–H and O–H groups in total. The van der Waals surface area contributed by atoms with Crippen molar-refractivity contribution in [2.24, 2.45) is 5.92 Å². The zero-order valence-corrected chi connectivity index (χ0v) is 17.9. The van der Waals surface area contributed by atoms with Crippen molar-refractivity contribution in [1.82, 2.24) is 19.2 Å². The van der Waals surface area contributed by atoms with Crippen LogP contribution in [0.5, 0.6) is 0 Å². The fourth-order valence-corrected chi connectivity index (χ4v) is 4.98. The van der Waals surface area contributed by atoms with Gasteiger partial charge in [0.2, 0.25) is 5.91 Å². The zero-order valence-electron chi connectivity index (χ0n) is 17.1. The first-order valence-corrected chi connectivity index (χ1v) is 11.7. The summed E-state index contributed by atoms with van der Waals surface area (Å²) in [5, 5.41) is 3.02. The second kappa shape index (κ2) is 9.54. The topological polar surface area (TPSA) is 84.3 Å². The lowest BCUT2D eigenvalue weighted by molar-refractivity contribution is -0.126. The molecule has 1 aromatic heterocycles. The molecule has 29 heavy (non-hydrogen) atoms. The van der Waals surface area contributed by atoms with Crippen molar-refractivity contribution in [3.63, 3.8) is 0 Å². The number of imidazole rings is 1. The molecule has 0 saturated carbocycles. The Morgan fingerprint density at radius 2 is 2.03 bits per heavy atom. The lowest BCUT2D eigenvalue weighted by atomic mass is 9.99. The number of nitrogens with one attached hydrogen (secondary N) is 1. The molecule has 0 unspecified atom stereocenters. The van der Waals surface area contributed by atoms with Crippen LogP contribution >= 0.6 is 0 Å². The Labute approximate surface area is 173 Å². The number of carbonyl (C=O) groups excluding carboxylic acids is 1. The SMILES string of the molecule is CC(C)n1cnc(S(=O)(=O)N2CCC[C@@H](C(=O)NCCCc3ccccc3)C2)c1. The molecule has 1 aliphatic rings. The maximum absolute atomic E-state index is 12.9. The Balaban J connectivity index is 1.53. The number of aryl methyl sites for hydroxylation is 1. The van der Waals surface area contributed by atoms with Crippen LogP contribution in [0.4, 0.5) is 0 Å². The Kier molecular flexibility index (Phi) is 7.08. The second-order valence-electron chi connectivity index (χ2n) is 7.84. The lowest BCUT2D eigenvalue weighted by Crippen LogP contribution is -2.45. The van der Waals surface area contributed by atoms with Crippen molar-refractivity contribution in [1.29, 1.82) is 0 Å². The van der Waals surface area contributed by atoms with Crippen LogP contribution < -0.4 is 5.32 Å². The highest BCUT2D eigenvalue weighted by Crippen LogP contribution is 2.23. The molecule has 1 amide bonds. The summed E-state index contributed by atoms with van der Waals surface area (Å²) in [5.74, 6) is -0.381. The minimum atomic E-state index is -3.68. The van der Waals surface area contributed by atoms with Crippen molar-refractivity contribution in [3.8, 4) is 0 Å². The van der Waals surface area contributed by atoms with Gasteiger partial charge in [0.15, 0.2) is 5.03 Å². The molecule has 2 heterocycles. The van der Waals surface area contributed by atoms with Crippen LogP contribution in [0.3, 0.4) is 0 Å². The van der Waals surface area contributed by atoms with Crippen LogP contribution in [0.2, 0.25) is 0 Å². The van der Waals surface area contributed by atoms with Gasteiger partial charge in [0.1, 0.15) is 0 Å². The quantitative estimate of drug-likeness (QED) is 0.668. The standard InChI is InChI=1S/C21H30N4O3S/c1-17(2)24-15-20(23-16-24)29(27,28)25-13-7-11-19(14-25)21(26)22-12-6-10-18-8-4-3-5-9-18/h3-5,8-9,15-17,19H,6-7,10-14H2,1-2H3,(H,22,26)/t19-/m1/s1. The number of benzene rings is 1. The van der Waals surface area contributed by atoms with E-state index in [4.69, 9.17) is 0 Å². The van der Waals surface area contributed by atoms with Crippen LogP contribution in [-0.2, 0) is 21.2 Å². The predicted molar refractivity (Wildman–Crippen MR) is 112 cm³/mol. The number of rotatable bonds is 8. The third-order valence-electron chi connectivity index (χ3n) is 5.32. The van der Waals surface area contributed by atoms with Crippen molar-refractivity contribution < 1.29 is 13.2 Å². The minimum Gasteiger partial charge on any atom is -0.356 e. The highest BCUT2D eigenvalue weighted by molar-refractivity contribution is 7.89. The van der Waals surface area contributed by atoms with E-state index in [2.05, 4.69) is 22.4 Å². The van der Waals surface area contributed by atoms with Crippen molar-refractivity contribution in [3.05, 3.63) is 48.4 Å². The second-order valence-corrected chi connectivity index (χ2v) is 9.72. The van der Waals surface area contributed by atoms with Gasteiger partial charge in [-0.15, -0.1) is 0 Å². The van der Waals surface area contributed by atoms with E-state index in [1.54, 1.807) is 17.1 Å². The molecular formula is C21H30N4O3S. The van der Waals surface area contributed by atoms with Gasteiger partial charge in [-0.05, 0) is 45.1 Å². The summed E-state index contributed by atoms with van der Waals surface area (Å²) in [6, 6.07) is 10.3. The predicted octanol–water partition coefficient (Wildman–Crippen LogP) is 2.61. The molecule has 1 saturated heterocycles. The number of carbonyl (C=O) groups is 1. The van der Waals surface area contributed by atoms with Crippen LogP contribution in [0.1, 0.15) is 44.7 Å². The number of nitrogens with zero attached hydrogens (tertiary/aromatic N) is 3. The Morgan fingerprint density at radius 1 is 1.28 bits per heavy atom. The third kappa shape index (κ3) is 5.45. The number of hydrogen-bond donors (Lipinski definition) is 1. The fourth-order valence-electron chi connectivity index (χ4n) is 3.53. The summed E-state index contributed by atoms with van der Waals surface area (Å²) in [7, 11) is -3.68. The smallest absolute Gasteiger partial charge is 0.262 e. The van der Waals surface area contributed by atoms with Crippen LogP contribution in [-0.4, -0.2) is 47.8 Å². The number of hydrogen-bond acceptors (Lipinski definition) is 4. The summed E-state index contributed by atoms with van der Waals surface area (Å²) in [6.45, 7) is 5.17. The number of aromatic nitrogens is 2. The van der Waals surface area contributed by atoms with E-state index in [1.165, 1.54) is 9.87 Å². The molecule has 0 aliphatic carbocycles. The lowest BCUT2D eigenvalue weighted by Gasteiger charge is -2.30. The highest BCUT2D eigenvalue weighted by atomic mass is 32.2. The van der Waals surface area contributed by atoms with Gasteiger partial charge in [-0.1, -0.05) is 30.3 Å². The first-order chi connectivity index (χ1) is 13.9. The Morgan fingerprint density at radius 3 is 2.72 bits per heavy atom. The Bertz CT molecular complexity index is 909. The van der Waals surface area contributed by atoms with Gasteiger partial charge in [0.25, 0.3) is 10.0 Å². The molecule has 0 bridgehead atoms. The van der Waals surface area contributed by atoms with E-state index in [9.17, 15) is 13.2 Å². The van der Waals surface area contributed by atoms with Gasteiger partial charge in [0.05, 0.1) is 12.2 Å². The van der Waals surface area contributed by atoms with Crippen molar-refractivity contribution in [2.75, 3.05) is 19.6 Å². The van der Waals surface area contributed by atoms with Gasteiger partial charge in [-0.2, -0.15) is 4.31 Å². The zero-order chi connectivity index (χ0) is 20.9. The fraction of sp³-hybridized carbons (Fsp3) is 0.524. The summed E-state index contributed by atoms with van der Waals surface area (Å²) >= 11 is 0. The largest absolute Gasteiger partial charge is 0.356 e. The maximum Gasteiger partial charge on any atom is 0.262 e. The number of sulfonamides is 1. The Hall–Kier alpha value is -2.19. The van der Waals surface area contributed by atoms with Crippen LogP contribution in [0, 0.1) is 5.92 Å². The van der Waals surface area contributed by atoms with E-state index >= 15 is 0 Å². The summed E-state index contributed by atoms with van der Waals surface area (Å²) in [6.07, 6.45) is 6.25. The van der Waals surface area contributed by atoms with Crippen molar-refractivity contribution in [2.45, 2.75) is 50.6 Å². The van der Waals surface area contributed by atoms with E-state index < -0.39 is 10.0 Å². The van der Waals surface area contributed by atoms with E-state index in [0.717, 1.165) is 12.8 Å². The van der Waals surface area contributed by atoms with Gasteiger partial charge < -0.3 is 9.88 Å². The maximum atomic E-state index is 12.9. The molecule has 1 aliphatic heterocycles. The first kappa shape index (κ1) is 21.5. The van der Waals surface area contributed by atoms with Gasteiger partial charge in [-0.3, -0.25) is 4.79 Å². The third-order valence-corrected chi connectivity index (χ3v) is 7.07. The molecule has 3 rings (SSSR count). The number of amides is 1. The molecular weight excluding hydrogens is 388 g/mol. The normalized spacial score (nSPS) is 18.1. The summed E-state index contributed by atoms with van der Waals surface area (Å²) in [5.41, 5.74) is 1.25. The van der Waals surface area contributed by atoms with Gasteiger partial charge in [-0.25, -0.2) is 13.4 Å². The summed E-state index contributed by atoms with van der Waals surface area (Å²) in [4.78, 5) is 16.6.